The standard InChI is InChI=1S/C12H15N5OS/c1-2-11(18)10-6-5-9(7-13-10)19-12-14-15-16-17(12)8-3-4-8/h5-8,11,18H,2-4H2,1H3. The van der Waals surface area contributed by atoms with Crippen LogP contribution in [0.15, 0.2) is 28.4 Å². The summed E-state index contributed by atoms with van der Waals surface area (Å²) in [4.78, 5) is 5.25. The molecular weight excluding hydrogens is 262 g/mol. The van der Waals surface area contributed by atoms with E-state index in [-0.39, 0.29) is 0 Å². The highest BCUT2D eigenvalue weighted by Gasteiger charge is 2.28. The molecule has 1 N–H and O–H groups in total. The average molecular weight is 277 g/mol. The van der Waals surface area contributed by atoms with Gasteiger partial charge in [-0.15, -0.1) is 5.10 Å². The maximum Gasteiger partial charge on any atom is 0.214 e. The number of rotatable bonds is 5. The number of aromatic nitrogens is 5. The van der Waals surface area contributed by atoms with Gasteiger partial charge in [0.1, 0.15) is 0 Å². The SMILES string of the molecule is CCC(O)c1ccc(Sc2nnnn2C2CC2)cn1. The van der Waals surface area contributed by atoms with Crippen LogP contribution in [-0.2, 0) is 0 Å². The number of hydrogen-bond donors (Lipinski definition) is 1. The van der Waals surface area contributed by atoms with E-state index in [1.165, 1.54) is 11.8 Å². The summed E-state index contributed by atoms with van der Waals surface area (Å²) in [6.07, 6.45) is 4.23. The second-order valence-electron chi connectivity index (χ2n) is 4.58. The summed E-state index contributed by atoms with van der Waals surface area (Å²) < 4.78 is 1.87. The van der Waals surface area contributed by atoms with E-state index in [1.807, 2.05) is 23.7 Å². The summed E-state index contributed by atoms with van der Waals surface area (Å²) in [7, 11) is 0. The second kappa shape index (κ2) is 5.26. The fourth-order valence-corrected chi connectivity index (χ4v) is 2.57. The Balaban J connectivity index is 1.74. The first-order chi connectivity index (χ1) is 9.28. The molecule has 3 rings (SSSR count). The lowest BCUT2D eigenvalue weighted by Crippen LogP contribution is -1.99. The molecule has 7 heteroatoms. The number of tetrazole rings is 1. The van der Waals surface area contributed by atoms with Crippen molar-refractivity contribution in [3.05, 3.63) is 24.0 Å². The molecule has 1 aliphatic carbocycles. The molecule has 6 nitrogen and oxygen atoms in total. The highest BCUT2D eigenvalue weighted by Crippen LogP contribution is 2.37. The molecule has 2 heterocycles. The second-order valence-corrected chi connectivity index (χ2v) is 5.62. The molecule has 0 radical (unpaired) electrons. The van der Waals surface area contributed by atoms with Crippen LogP contribution in [0.5, 0.6) is 0 Å². The van der Waals surface area contributed by atoms with Gasteiger partial charge in [-0.3, -0.25) is 4.98 Å². The molecule has 1 unspecified atom stereocenters. The minimum atomic E-state index is -0.490. The molecule has 1 atom stereocenters. The van der Waals surface area contributed by atoms with Crippen molar-refractivity contribution < 1.29 is 5.11 Å². The first kappa shape index (κ1) is 12.6. The predicted octanol–water partition coefficient (Wildman–Crippen LogP) is 2.00. The Kier molecular flexibility index (Phi) is 3.48. The maximum atomic E-state index is 9.70. The Morgan fingerprint density at radius 1 is 1.47 bits per heavy atom. The molecule has 0 spiro atoms. The molecule has 19 heavy (non-hydrogen) atoms. The Bertz CT molecular complexity index is 552. The van der Waals surface area contributed by atoms with Crippen LogP contribution in [0.1, 0.15) is 44.0 Å². The fraction of sp³-hybridized carbons (Fsp3) is 0.500. The van der Waals surface area contributed by atoms with Crippen molar-refractivity contribution >= 4 is 11.8 Å². The van der Waals surface area contributed by atoms with Crippen LogP contribution < -0.4 is 0 Å². The minimum absolute atomic E-state index is 0.464. The summed E-state index contributed by atoms with van der Waals surface area (Å²) in [6.45, 7) is 1.93. The summed E-state index contributed by atoms with van der Waals surface area (Å²) in [5.74, 6) is 0. The van der Waals surface area contributed by atoms with Gasteiger partial charge in [-0.25, -0.2) is 4.68 Å². The molecule has 0 amide bonds. The van der Waals surface area contributed by atoms with Gasteiger partial charge in [0, 0.05) is 11.1 Å². The van der Waals surface area contributed by atoms with E-state index in [0.29, 0.717) is 18.2 Å². The molecule has 0 aliphatic heterocycles. The summed E-state index contributed by atoms with van der Waals surface area (Å²) in [5.41, 5.74) is 0.702. The average Bonchev–Trinajstić information content (AvgIpc) is 3.19. The lowest BCUT2D eigenvalue weighted by molar-refractivity contribution is 0.169. The normalized spacial score (nSPS) is 16.5. The van der Waals surface area contributed by atoms with Gasteiger partial charge >= 0.3 is 0 Å². The highest BCUT2D eigenvalue weighted by molar-refractivity contribution is 7.99. The van der Waals surface area contributed by atoms with Gasteiger partial charge in [0.25, 0.3) is 0 Å². The Morgan fingerprint density at radius 2 is 2.32 bits per heavy atom. The zero-order chi connectivity index (χ0) is 13.2. The quantitative estimate of drug-likeness (QED) is 0.900. The first-order valence-electron chi connectivity index (χ1n) is 6.37. The monoisotopic (exact) mass is 277 g/mol. The smallest absolute Gasteiger partial charge is 0.214 e. The first-order valence-corrected chi connectivity index (χ1v) is 7.19. The van der Waals surface area contributed by atoms with Gasteiger partial charge in [0.05, 0.1) is 17.8 Å². The van der Waals surface area contributed by atoms with Crippen molar-refractivity contribution in [3.63, 3.8) is 0 Å². The van der Waals surface area contributed by atoms with E-state index in [4.69, 9.17) is 0 Å². The third kappa shape index (κ3) is 2.76. The van der Waals surface area contributed by atoms with Crippen molar-refractivity contribution in [2.75, 3.05) is 0 Å². The van der Waals surface area contributed by atoms with Crippen LogP contribution in [0.2, 0.25) is 0 Å². The van der Waals surface area contributed by atoms with Crippen LogP contribution in [-0.4, -0.2) is 30.3 Å². The third-order valence-electron chi connectivity index (χ3n) is 3.05. The predicted molar refractivity (Wildman–Crippen MR) is 69.7 cm³/mol. The number of aliphatic hydroxyl groups is 1. The molecule has 2 aromatic rings. The Hall–Kier alpha value is -1.47. The van der Waals surface area contributed by atoms with E-state index < -0.39 is 6.10 Å². The molecule has 1 fully saturated rings. The molecule has 100 valence electrons. The minimum Gasteiger partial charge on any atom is -0.387 e. The summed E-state index contributed by atoms with van der Waals surface area (Å²) in [6, 6.07) is 4.26. The maximum absolute atomic E-state index is 9.70. The summed E-state index contributed by atoms with van der Waals surface area (Å²) in [5, 5.41) is 22.3. The van der Waals surface area contributed by atoms with Crippen LogP contribution in [0.25, 0.3) is 0 Å². The Labute approximate surface area is 115 Å². The molecular formula is C12H15N5OS. The van der Waals surface area contributed by atoms with Crippen molar-refractivity contribution in [1.82, 2.24) is 25.2 Å². The van der Waals surface area contributed by atoms with E-state index in [9.17, 15) is 5.11 Å². The van der Waals surface area contributed by atoms with Crippen LogP contribution in [0.4, 0.5) is 0 Å². The van der Waals surface area contributed by atoms with E-state index >= 15 is 0 Å². The van der Waals surface area contributed by atoms with Crippen LogP contribution in [0, 0.1) is 0 Å². The van der Waals surface area contributed by atoms with Gasteiger partial charge in [-0.2, -0.15) is 0 Å². The van der Waals surface area contributed by atoms with Gasteiger partial charge in [-0.1, -0.05) is 6.92 Å². The van der Waals surface area contributed by atoms with Gasteiger partial charge < -0.3 is 5.11 Å². The van der Waals surface area contributed by atoms with Crippen LogP contribution >= 0.6 is 11.8 Å². The van der Waals surface area contributed by atoms with E-state index in [2.05, 4.69) is 20.5 Å². The van der Waals surface area contributed by atoms with Crippen molar-refractivity contribution in [2.24, 2.45) is 0 Å². The van der Waals surface area contributed by atoms with Crippen molar-refractivity contribution in [2.45, 2.75) is 48.4 Å². The molecule has 0 bridgehead atoms. The Morgan fingerprint density at radius 3 is 2.95 bits per heavy atom. The highest BCUT2D eigenvalue weighted by atomic mass is 32.2. The van der Waals surface area contributed by atoms with Crippen LogP contribution in [0.3, 0.4) is 0 Å². The lowest BCUT2D eigenvalue weighted by atomic mass is 10.2. The molecule has 2 aromatic heterocycles. The number of nitrogens with zero attached hydrogens (tertiary/aromatic N) is 5. The summed E-state index contributed by atoms with van der Waals surface area (Å²) >= 11 is 1.50. The largest absolute Gasteiger partial charge is 0.387 e. The third-order valence-corrected chi connectivity index (χ3v) is 3.98. The lowest BCUT2D eigenvalue weighted by Gasteiger charge is -2.07. The molecule has 0 saturated heterocycles. The number of pyridine rings is 1. The topological polar surface area (TPSA) is 76.7 Å². The zero-order valence-electron chi connectivity index (χ0n) is 10.6. The van der Waals surface area contributed by atoms with Crippen molar-refractivity contribution in [1.29, 1.82) is 0 Å². The number of aliphatic hydroxyl groups excluding tert-OH is 1. The van der Waals surface area contributed by atoms with Gasteiger partial charge in [0.15, 0.2) is 0 Å². The van der Waals surface area contributed by atoms with E-state index in [1.54, 1.807) is 6.20 Å². The van der Waals surface area contributed by atoms with Gasteiger partial charge in [0.2, 0.25) is 5.16 Å². The molecule has 1 saturated carbocycles. The zero-order valence-corrected chi connectivity index (χ0v) is 11.4. The fourth-order valence-electron chi connectivity index (χ4n) is 1.76. The number of hydrogen-bond acceptors (Lipinski definition) is 6. The van der Waals surface area contributed by atoms with E-state index in [0.717, 1.165) is 22.9 Å². The molecule has 0 aromatic carbocycles. The van der Waals surface area contributed by atoms with Crippen molar-refractivity contribution in [3.8, 4) is 0 Å². The van der Waals surface area contributed by atoms with Gasteiger partial charge in [-0.05, 0) is 53.6 Å². The molecule has 1 aliphatic rings.